The third-order valence-electron chi connectivity index (χ3n) is 3.66. The summed E-state index contributed by atoms with van der Waals surface area (Å²) in [4.78, 5) is 0. The van der Waals surface area contributed by atoms with Crippen molar-refractivity contribution in [2.75, 3.05) is 30.9 Å². The molecular formula is C11H24N2O4S2. The molecule has 114 valence electrons. The van der Waals surface area contributed by atoms with E-state index in [4.69, 9.17) is 5.73 Å². The van der Waals surface area contributed by atoms with Crippen LogP contribution in [0.2, 0.25) is 0 Å². The molecule has 0 radical (unpaired) electrons. The summed E-state index contributed by atoms with van der Waals surface area (Å²) in [5, 5.41) is 0. The smallest absolute Gasteiger partial charge is 0.212 e. The van der Waals surface area contributed by atoms with Crippen molar-refractivity contribution in [2.24, 2.45) is 17.6 Å². The van der Waals surface area contributed by atoms with E-state index in [1.165, 1.54) is 0 Å². The third-order valence-corrected chi connectivity index (χ3v) is 6.21. The molecule has 8 heteroatoms. The second kappa shape index (κ2) is 7.01. The Morgan fingerprint density at radius 2 is 1.63 bits per heavy atom. The summed E-state index contributed by atoms with van der Waals surface area (Å²) in [6.45, 7) is 0.948. The minimum Gasteiger partial charge on any atom is -0.330 e. The number of sulfonamides is 1. The molecule has 1 aliphatic rings. The van der Waals surface area contributed by atoms with Crippen molar-refractivity contribution in [3.05, 3.63) is 0 Å². The highest BCUT2D eigenvalue weighted by atomic mass is 32.2. The summed E-state index contributed by atoms with van der Waals surface area (Å²) in [6.07, 6.45) is 5.32. The predicted molar refractivity (Wildman–Crippen MR) is 76.0 cm³/mol. The van der Waals surface area contributed by atoms with Gasteiger partial charge in [-0.2, -0.15) is 0 Å². The SMILES string of the molecule is CS(=O)(=O)CCS(=O)(=O)NCC1CCCCC1CN. The van der Waals surface area contributed by atoms with Crippen molar-refractivity contribution in [3.8, 4) is 0 Å². The minimum absolute atomic E-state index is 0.270. The molecule has 0 amide bonds. The highest BCUT2D eigenvalue weighted by molar-refractivity contribution is 7.93. The van der Waals surface area contributed by atoms with Gasteiger partial charge in [0.05, 0.1) is 11.5 Å². The van der Waals surface area contributed by atoms with Crippen LogP contribution in [-0.4, -0.2) is 47.7 Å². The van der Waals surface area contributed by atoms with Crippen LogP contribution in [-0.2, 0) is 19.9 Å². The van der Waals surface area contributed by atoms with Gasteiger partial charge in [-0.3, -0.25) is 0 Å². The molecule has 3 N–H and O–H groups in total. The summed E-state index contributed by atoms with van der Waals surface area (Å²) in [6, 6.07) is 0. The average molecular weight is 312 g/mol. The van der Waals surface area contributed by atoms with Gasteiger partial charge < -0.3 is 5.73 Å². The molecular weight excluding hydrogens is 288 g/mol. The van der Waals surface area contributed by atoms with Crippen molar-refractivity contribution >= 4 is 19.9 Å². The molecule has 0 heterocycles. The zero-order valence-corrected chi connectivity index (χ0v) is 13.0. The molecule has 0 aromatic rings. The van der Waals surface area contributed by atoms with Crippen molar-refractivity contribution in [2.45, 2.75) is 25.7 Å². The number of nitrogens with two attached hydrogens (primary N) is 1. The van der Waals surface area contributed by atoms with E-state index in [0.717, 1.165) is 31.9 Å². The zero-order valence-electron chi connectivity index (χ0n) is 11.3. The van der Waals surface area contributed by atoms with Crippen LogP contribution in [0.5, 0.6) is 0 Å². The highest BCUT2D eigenvalue weighted by Crippen LogP contribution is 2.28. The van der Waals surface area contributed by atoms with Gasteiger partial charge in [0.15, 0.2) is 0 Å². The van der Waals surface area contributed by atoms with Crippen molar-refractivity contribution < 1.29 is 16.8 Å². The number of sulfone groups is 1. The maximum absolute atomic E-state index is 11.7. The molecule has 1 rings (SSSR count). The summed E-state index contributed by atoms with van der Waals surface area (Å²) < 4.78 is 47.9. The van der Waals surface area contributed by atoms with Gasteiger partial charge in [0, 0.05) is 12.8 Å². The molecule has 19 heavy (non-hydrogen) atoms. The van der Waals surface area contributed by atoms with Gasteiger partial charge in [0.1, 0.15) is 9.84 Å². The highest BCUT2D eigenvalue weighted by Gasteiger charge is 2.25. The van der Waals surface area contributed by atoms with E-state index in [1.54, 1.807) is 0 Å². The molecule has 1 saturated carbocycles. The van der Waals surface area contributed by atoms with Gasteiger partial charge in [-0.1, -0.05) is 12.8 Å². The lowest BCUT2D eigenvalue weighted by Gasteiger charge is -2.30. The van der Waals surface area contributed by atoms with Crippen molar-refractivity contribution in [1.82, 2.24) is 4.72 Å². The summed E-state index contributed by atoms with van der Waals surface area (Å²) >= 11 is 0. The first-order valence-electron chi connectivity index (χ1n) is 6.58. The number of hydrogen-bond donors (Lipinski definition) is 2. The molecule has 0 bridgehead atoms. The fourth-order valence-electron chi connectivity index (χ4n) is 2.43. The predicted octanol–water partition coefficient (Wildman–Crippen LogP) is -0.284. The topological polar surface area (TPSA) is 106 Å². The monoisotopic (exact) mass is 312 g/mol. The molecule has 1 fully saturated rings. The third kappa shape index (κ3) is 6.69. The van der Waals surface area contributed by atoms with Crippen molar-refractivity contribution in [1.29, 1.82) is 0 Å². The van der Waals surface area contributed by atoms with E-state index >= 15 is 0 Å². The van der Waals surface area contributed by atoms with Gasteiger partial charge in [0.2, 0.25) is 10.0 Å². The second-order valence-corrected chi connectivity index (χ2v) is 9.52. The van der Waals surface area contributed by atoms with Crippen LogP contribution < -0.4 is 10.5 Å². The standard InChI is InChI=1S/C11H24N2O4S2/c1-18(14,15)6-7-19(16,17)13-9-11-5-3-2-4-10(11)8-12/h10-11,13H,2-9,12H2,1H3. The first-order valence-corrected chi connectivity index (χ1v) is 10.3. The van der Waals surface area contributed by atoms with Crippen LogP contribution in [0, 0.1) is 11.8 Å². The molecule has 0 aromatic heterocycles. The molecule has 6 nitrogen and oxygen atoms in total. The van der Waals surface area contributed by atoms with Gasteiger partial charge in [-0.25, -0.2) is 21.6 Å². The molecule has 0 aromatic carbocycles. The Balaban J connectivity index is 2.45. The van der Waals surface area contributed by atoms with Crippen LogP contribution in [0.3, 0.4) is 0 Å². The molecule has 2 unspecified atom stereocenters. The van der Waals surface area contributed by atoms with E-state index in [0.29, 0.717) is 19.0 Å². The molecule has 0 saturated heterocycles. The van der Waals surface area contributed by atoms with E-state index in [9.17, 15) is 16.8 Å². The van der Waals surface area contributed by atoms with E-state index < -0.39 is 19.9 Å². The van der Waals surface area contributed by atoms with E-state index in [2.05, 4.69) is 4.72 Å². The van der Waals surface area contributed by atoms with Crippen LogP contribution in [0.15, 0.2) is 0 Å². The second-order valence-electron chi connectivity index (χ2n) is 5.34. The molecule has 1 aliphatic carbocycles. The van der Waals surface area contributed by atoms with E-state index in [1.807, 2.05) is 0 Å². The van der Waals surface area contributed by atoms with Crippen LogP contribution in [0.1, 0.15) is 25.7 Å². The van der Waals surface area contributed by atoms with Crippen LogP contribution >= 0.6 is 0 Å². The Labute approximate surface area is 116 Å². The summed E-state index contributed by atoms with van der Waals surface area (Å²) in [5.41, 5.74) is 5.69. The zero-order chi connectivity index (χ0) is 14.5. The first-order chi connectivity index (χ1) is 8.73. The van der Waals surface area contributed by atoms with Crippen molar-refractivity contribution in [3.63, 3.8) is 0 Å². The normalized spacial score (nSPS) is 25.4. The Hall–Kier alpha value is -0.180. The largest absolute Gasteiger partial charge is 0.330 e. The number of rotatable bonds is 7. The molecule has 0 spiro atoms. The fourth-order valence-corrected chi connectivity index (χ4v) is 5.13. The first kappa shape index (κ1) is 16.9. The fraction of sp³-hybridized carbons (Fsp3) is 1.00. The Kier molecular flexibility index (Phi) is 6.22. The lowest BCUT2D eigenvalue weighted by Crippen LogP contribution is -2.38. The van der Waals surface area contributed by atoms with Gasteiger partial charge >= 0.3 is 0 Å². The van der Waals surface area contributed by atoms with Crippen LogP contribution in [0.4, 0.5) is 0 Å². The van der Waals surface area contributed by atoms with Gasteiger partial charge in [-0.15, -0.1) is 0 Å². The minimum atomic E-state index is -3.52. The average Bonchev–Trinajstić information content (AvgIpc) is 2.34. The lowest BCUT2D eigenvalue weighted by atomic mass is 9.79. The Morgan fingerprint density at radius 3 is 2.16 bits per heavy atom. The van der Waals surface area contributed by atoms with E-state index in [-0.39, 0.29) is 17.4 Å². The maximum Gasteiger partial charge on any atom is 0.212 e. The lowest BCUT2D eigenvalue weighted by molar-refractivity contribution is 0.245. The molecule has 2 atom stereocenters. The van der Waals surface area contributed by atoms with Crippen LogP contribution in [0.25, 0.3) is 0 Å². The number of hydrogen-bond acceptors (Lipinski definition) is 5. The Morgan fingerprint density at radius 1 is 1.05 bits per heavy atom. The van der Waals surface area contributed by atoms with Gasteiger partial charge in [0.25, 0.3) is 0 Å². The summed E-state index contributed by atoms with van der Waals surface area (Å²) in [5.74, 6) is -0.0720. The number of nitrogens with one attached hydrogen (secondary N) is 1. The summed E-state index contributed by atoms with van der Waals surface area (Å²) in [7, 11) is -6.77. The quantitative estimate of drug-likeness (QED) is 0.672. The Bertz CT molecular complexity index is 473. The van der Waals surface area contributed by atoms with Gasteiger partial charge in [-0.05, 0) is 31.2 Å². The maximum atomic E-state index is 11.7. The molecule has 0 aliphatic heterocycles.